The van der Waals surface area contributed by atoms with Crippen LogP contribution >= 0.6 is 11.6 Å². The van der Waals surface area contributed by atoms with Gasteiger partial charge in [0.25, 0.3) is 0 Å². The van der Waals surface area contributed by atoms with Crippen molar-refractivity contribution in [1.29, 1.82) is 0 Å². The van der Waals surface area contributed by atoms with E-state index in [1.54, 1.807) is 37.5 Å². The van der Waals surface area contributed by atoms with Gasteiger partial charge in [-0.3, -0.25) is 4.79 Å². The van der Waals surface area contributed by atoms with Gasteiger partial charge in [-0.1, -0.05) is 41.4 Å². The second-order valence-corrected chi connectivity index (χ2v) is 5.15. The van der Waals surface area contributed by atoms with Crippen molar-refractivity contribution in [2.24, 2.45) is 0 Å². The van der Waals surface area contributed by atoms with E-state index in [9.17, 15) is 4.79 Å². The van der Waals surface area contributed by atoms with Gasteiger partial charge in [-0.05, 0) is 36.8 Å². The van der Waals surface area contributed by atoms with Gasteiger partial charge >= 0.3 is 0 Å². The van der Waals surface area contributed by atoms with Crippen LogP contribution in [0.5, 0.6) is 11.5 Å². The average molecular weight is 317 g/mol. The number of allylic oxidation sites excluding steroid dienone is 1. The number of aryl methyl sites for hydroxylation is 1. The maximum Gasteiger partial charge on any atom is 0.185 e. The van der Waals surface area contributed by atoms with Crippen LogP contribution in [0, 0.1) is 6.92 Å². The van der Waals surface area contributed by atoms with Crippen LogP contribution in [0.3, 0.4) is 0 Å². The number of hydrogen-bond acceptors (Lipinski definition) is 3. The van der Waals surface area contributed by atoms with Gasteiger partial charge in [0, 0.05) is 5.56 Å². The minimum atomic E-state index is -0.0779. The Balaban J connectivity index is 2.26. The Hall–Kier alpha value is -2.26. The first-order valence-electron chi connectivity index (χ1n) is 6.76. The molecule has 0 spiro atoms. The maximum atomic E-state index is 12.1. The summed E-state index contributed by atoms with van der Waals surface area (Å²) in [7, 11) is 3.07. The van der Waals surface area contributed by atoms with Crippen molar-refractivity contribution >= 4 is 23.5 Å². The van der Waals surface area contributed by atoms with Crippen molar-refractivity contribution in [2.75, 3.05) is 14.2 Å². The fourth-order valence-corrected chi connectivity index (χ4v) is 2.31. The second-order valence-electron chi connectivity index (χ2n) is 4.77. The summed E-state index contributed by atoms with van der Waals surface area (Å²) >= 11 is 6.28. The zero-order chi connectivity index (χ0) is 16.1. The molecule has 2 rings (SSSR count). The highest BCUT2D eigenvalue weighted by Crippen LogP contribution is 2.37. The van der Waals surface area contributed by atoms with Crippen molar-refractivity contribution < 1.29 is 14.3 Å². The summed E-state index contributed by atoms with van der Waals surface area (Å²) in [4.78, 5) is 12.1. The molecule has 0 aliphatic carbocycles. The first-order chi connectivity index (χ1) is 10.6. The van der Waals surface area contributed by atoms with E-state index in [1.807, 2.05) is 19.1 Å². The number of carbonyl (C=O) groups excluding carboxylic acids is 1. The third-order valence-corrected chi connectivity index (χ3v) is 3.66. The van der Waals surface area contributed by atoms with Gasteiger partial charge in [-0.15, -0.1) is 0 Å². The van der Waals surface area contributed by atoms with Crippen molar-refractivity contribution in [3.8, 4) is 11.5 Å². The van der Waals surface area contributed by atoms with Gasteiger partial charge in [0.05, 0.1) is 19.2 Å². The van der Waals surface area contributed by atoms with Crippen LogP contribution in [0.4, 0.5) is 0 Å². The molecule has 0 unspecified atom stereocenters. The standard InChI is InChI=1S/C18H17ClO3/c1-12-4-6-13(7-5-12)15(20)10-8-14-9-11-16(21-2)18(22-3)17(14)19/h4-11H,1-3H3/b10-8+. The molecule has 0 aliphatic rings. The Bertz CT molecular complexity index is 703. The molecule has 2 aromatic rings. The molecule has 0 N–H and O–H groups in total. The fraction of sp³-hybridized carbons (Fsp3) is 0.167. The number of ether oxygens (including phenoxy) is 2. The molecule has 22 heavy (non-hydrogen) atoms. The summed E-state index contributed by atoms with van der Waals surface area (Å²) in [5.41, 5.74) is 2.45. The minimum Gasteiger partial charge on any atom is -0.493 e. The number of benzene rings is 2. The zero-order valence-corrected chi connectivity index (χ0v) is 13.5. The van der Waals surface area contributed by atoms with Crippen molar-refractivity contribution in [3.63, 3.8) is 0 Å². The molecule has 0 fully saturated rings. The van der Waals surface area contributed by atoms with Gasteiger partial charge < -0.3 is 9.47 Å². The quantitative estimate of drug-likeness (QED) is 0.599. The van der Waals surface area contributed by atoms with Crippen LogP contribution < -0.4 is 9.47 Å². The van der Waals surface area contributed by atoms with Crippen molar-refractivity contribution in [3.05, 3.63) is 64.2 Å². The fourth-order valence-electron chi connectivity index (χ4n) is 2.01. The number of ketones is 1. The largest absolute Gasteiger partial charge is 0.493 e. The summed E-state index contributed by atoms with van der Waals surface area (Å²) < 4.78 is 10.4. The number of halogens is 1. The third-order valence-electron chi connectivity index (χ3n) is 3.27. The van der Waals surface area contributed by atoms with E-state index in [1.165, 1.54) is 13.2 Å². The molecule has 0 saturated carbocycles. The molecule has 0 radical (unpaired) electrons. The van der Waals surface area contributed by atoms with E-state index >= 15 is 0 Å². The highest BCUT2D eigenvalue weighted by Gasteiger charge is 2.11. The molecule has 114 valence electrons. The third kappa shape index (κ3) is 3.49. The van der Waals surface area contributed by atoms with Gasteiger partial charge in [0.2, 0.25) is 0 Å². The number of rotatable bonds is 5. The predicted octanol–water partition coefficient (Wildman–Crippen LogP) is 4.56. The Morgan fingerprint density at radius 1 is 1.05 bits per heavy atom. The van der Waals surface area contributed by atoms with Crippen LogP contribution in [0.1, 0.15) is 21.5 Å². The molecule has 0 aliphatic heterocycles. The van der Waals surface area contributed by atoms with Crippen molar-refractivity contribution in [1.82, 2.24) is 0 Å². The lowest BCUT2D eigenvalue weighted by Crippen LogP contribution is -1.95. The van der Waals surface area contributed by atoms with Crippen LogP contribution in [0.25, 0.3) is 6.08 Å². The molecule has 2 aromatic carbocycles. The highest BCUT2D eigenvalue weighted by atomic mass is 35.5. The van der Waals surface area contributed by atoms with Crippen LogP contribution in [-0.4, -0.2) is 20.0 Å². The smallest absolute Gasteiger partial charge is 0.185 e. The minimum absolute atomic E-state index is 0.0779. The average Bonchev–Trinajstić information content (AvgIpc) is 2.53. The lowest BCUT2D eigenvalue weighted by Gasteiger charge is -2.10. The SMILES string of the molecule is COc1ccc(/C=C/C(=O)c2ccc(C)cc2)c(Cl)c1OC. The molecule has 0 atom stereocenters. The molecule has 0 amide bonds. The van der Waals surface area contributed by atoms with Gasteiger partial charge in [-0.2, -0.15) is 0 Å². The molecule has 3 nitrogen and oxygen atoms in total. The Morgan fingerprint density at radius 2 is 1.73 bits per heavy atom. The van der Waals surface area contributed by atoms with Gasteiger partial charge in [0.1, 0.15) is 0 Å². The summed E-state index contributed by atoms with van der Waals surface area (Å²) in [6, 6.07) is 11.0. The summed E-state index contributed by atoms with van der Waals surface area (Å²) in [6.07, 6.45) is 3.17. The van der Waals surface area contributed by atoms with Gasteiger partial charge in [0.15, 0.2) is 17.3 Å². The first kappa shape index (κ1) is 16.1. The van der Waals surface area contributed by atoms with Crippen LogP contribution in [0.2, 0.25) is 5.02 Å². The monoisotopic (exact) mass is 316 g/mol. The van der Waals surface area contributed by atoms with Gasteiger partial charge in [-0.25, -0.2) is 0 Å². The topological polar surface area (TPSA) is 35.5 Å². The Labute approximate surface area is 135 Å². The Morgan fingerprint density at radius 3 is 2.32 bits per heavy atom. The molecular formula is C18H17ClO3. The lowest BCUT2D eigenvalue weighted by atomic mass is 10.1. The van der Waals surface area contributed by atoms with Crippen LogP contribution in [0.15, 0.2) is 42.5 Å². The second kappa shape index (κ2) is 7.14. The van der Waals surface area contributed by atoms with E-state index in [-0.39, 0.29) is 5.78 Å². The molecule has 0 heterocycles. The van der Waals surface area contributed by atoms with Crippen LogP contribution in [-0.2, 0) is 0 Å². The number of carbonyl (C=O) groups is 1. The Kier molecular flexibility index (Phi) is 5.23. The molecule has 0 bridgehead atoms. The number of hydrogen-bond donors (Lipinski definition) is 0. The maximum absolute atomic E-state index is 12.1. The highest BCUT2D eigenvalue weighted by molar-refractivity contribution is 6.34. The summed E-state index contributed by atoms with van der Waals surface area (Å²) in [5.74, 6) is 0.925. The summed E-state index contributed by atoms with van der Waals surface area (Å²) in [6.45, 7) is 1.98. The van der Waals surface area contributed by atoms with E-state index < -0.39 is 0 Å². The summed E-state index contributed by atoms with van der Waals surface area (Å²) in [5, 5.41) is 0.412. The van der Waals surface area contributed by atoms with E-state index in [0.717, 1.165) is 5.56 Å². The van der Waals surface area contributed by atoms with E-state index in [0.29, 0.717) is 27.6 Å². The first-order valence-corrected chi connectivity index (χ1v) is 7.14. The molecule has 0 aromatic heterocycles. The molecule has 0 saturated heterocycles. The van der Waals surface area contributed by atoms with E-state index in [4.69, 9.17) is 21.1 Å². The molecular weight excluding hydrogens is 300 g/mol. The van der Waals surface area contributed by atoms with Crippen molar-refractivity contribution in [2.45, 2.75) is 6.92 Å². The normalized spacial score (nSPS) is 10.7. The lowest BCUT2D eigenvalue weighted by molar-refractivity contribution is 0.104. The number of methoxy groups -OCH3 is 2. The molecule has 4 heteroatoms. The predicted molar refractivity (Wildman–Crippen MR) is 89.1 cm³/mol. The van der Waals surface area contributed by atoms with E-state index in [2.05, 4.69) is 0 Å². The zero-order valence-electron chi connectivity index (χ0n) is 12.7.